The molecule has 0 bridgehead atoms. The first-order chi connectivity index (χ1) is 4.52. The first-order valence-corrected chi connectivity index (χ1v) is 4.03. The molecule has 0 aliphatic heterocycles. The molecule has 2 rings (SSSR count). The molecule has 0 atom stereocenters. The van der Waals surface area contributed by atoms with E-state index >= 15 is 0 Å². The molecule has 0 aromatic heterocycles. The van der Waals surface area contributed by atoms with Gasteiger partial charge >= 0.3 is 0 Å². The van der Waals surface area contributed by atoms with Crippen molar-refractivity contribution in [1.29, 1.82) is 0 Å². The minimum Gasteiger partial charge on any atom is -0.390 e. The second-order valence-corrected chi connectivity index (χ2v) is 4.36. The summed E-state index contributed by atoms with van der Waals surface area (Å²) in [5, 5.41) is 9.45. The second kappa shape index (κ2) is 1.56. The summed E-state index contributed by atoms with van der Waals surface area (Å²) in [6.45, 7) is 1.88. The van der Waals surface area contributed by atoms with E-state index in [1.54, 1.807) is 0 Å². The SMILES string of the molecule is CC1(O)CC(N)(C2CC2)C1. The third kappa shape index (κ3) is 0.867. The molecule has 3 N–H and O–H groups in total. The van der Waals surface area contributed by atoms with Crippen LogP contribution >= 0.6 is 0 Å². The lowest BCUT2D eigenvalue weighted by molar-refractivity contribution is -0.0789. The fraction of sp³-hybridized carbons (Fsp3) is 1.00. The van der Waals surface area contributed by atoms with Crippen molar-refractivity contribution < 1.29 is 5.11 Å². The highest BCUT2D eigenvalue weighted by Crippen LogP contribution is 2.52. The highest BCUT2D eigenvalue weighted by atomic mass is 16.3. The van der Waals surface area contributed by atoms with Crippen molar-refractivity contribution in [3.05, 3.63) is 0 Å². The van der Waals surface area contributed by atoms with Crippen LogP contribution in [0.15, 0.2) is 0 Å². The van der Waals surface area contributed by atoms with Gasteiger partial charge in [-0.25, -0.2) is 0 Å². The minimum atomic E-state index is -0.447. The topological polar surface area (TPSA) is 46.2 Å². The van der Waals surface area contributed by atoms with Gasteiger partial charge in [0.25, 0.3) is 0 Å². The Balaban J connectivity index is 1.97. The molecule has 0 heterocycles. The van der Waals surface area contributed by atoms with Crippen LogP contribution in [0.4, 0.5) is 0 Å². The summed E-state index contributed by atoms with van der Waals surface area (Å²) in [7, 11) is 0. The summed E-state index contributed by atoms with van der Waals surface area (Å²) >= 11 is 0. The van der Waals surface area contributed by atoms with Crippen LogP contribution in [0, 0.1) is 5.92 Å². The Morgan fingerprint density at radius 1 is 1.40 bits per heavy atom. The summed E-state index contributed by atoms with van der Waals surface area (Å²) in [5.41, 5.74) is 5.59. The first kappa shape index (κ1) is 6.62. The predicted octanol–water partition coefficient (Wildman–Crippen LogP) is 0.639. The number of hydrogen-bond acceptors (Lipinski definition) is 2. The standard InChI is InChI=1S/C8H15NO/c1-7(10)4-8(9,5-7)6-2-3-6/h6,10H,2-5,9H2,1H3. The number of rotatable bonds is 1. The van der Waals surface area contributed by atoms with Crippen LogP contribution in [0.3, 0.4) is 0 Å². The Morgan fingerprint density at radius 2 is 1.90 bits per heavy atom. The monoisotopic (exact) mass is 141 g/mol. The quantitative estimate of drug-likeness (QED) is 0.563. The molecule has 0 amide bonds. The van der Waals surface area contributed by atoms with Gasteiger partial charge in [0, 0.05) is 5.54 Å². The van der Waals surface area contributed by atoms with Crippen molar-refractivity contribution in [2.45, 2.75) is 43.7 Å². The van der Waals surface area contributed by atoms with Gasteiger partial charge in [0.15, 0.2) is 0 Å². The van der Waals surface area contributed by atoms with Gasteiger partial charge in [-0.2, -0.15) is 0 Å². The van der Waals surface area contributed by atoms with Crippen molar-refractivity contribution in [1.82, 2.24) is 0 Å². The average molecular weight is 141 g/mol. The minimum absolute atomic E-state index is 0.0174. The molecule has 2 aliphatic carbocycles. The molecular weight excluding hydrogens is 126 g/mol. The average Bonchev–Trinajstić information content (AvgIpc) is 2.34. The zero-order chi connectivity index (χ0) is 7.41. The smallest absolute Gasteiger partial charge is 0.0655 e. The van der Waals surface area contributed by atoms with Crippen molar-refractivity contribution in [3.63, 3.8) is 0 Å². The highest BCUT2D eigenvalue weighted by Gasteiger charge is 2.55. The Kier molecular flexibility index (Phi) is 1.03. The second-order valence-electron chi connectivity index (χ2n) is 4.36. The molecule has 58 valence electrons. The molecule has 0 aromatic carbocycles. The van der Waals surface area contributed by atoms with Crippen molar-refractivity contribution in [2.24, 2.45) is 11.7 Å². The number of nitrogens with two attached hydrogens (primary N) is 1. The normalized spacial score (nSPS) is 54.3. The van der Waals surface area contributed by atoms with Gasteiger partial charge in [0.2, 0.25) is 0 Å². The van der Waals surface area contributed by atoms with Crippen molar-refractivity contribution >= 4 is 0 Å². The number of aliphatic hydroxyl groups is 1. The van der Waals surface area contributed by atoms with Gasteiger partial charge in [-0.15, -0.1) is 0 Å². The van der Waals surface area contributed by atoms with E-state index in [2.05, 4.69) is 0 Å². The maximum Gasteiger partial charge on any atom is 0.0655 e. The summed E-state index contributed by atoms with van der Waals surface area (Å²) in [6.07, 6.45) is 4.19. The van der Waals surface area contributed by atoms with Crippen LogP contribution in [0.25, 0.3) is 0 Å². The molecule has 0 spiro atoms. The molecule has 10 heavy (non-hydrogen) atoms. The molecule has 0 saturated heterocycles. The van der Waals surface area contributed by atoms with Crippen LogP contribution in [-0.2, 0) is 0 Å². The number of hydrogen-bond donors (Lipinski definition) is 2. The van der Waals surface area contributed by atoms with Crippen molar-refractivity contribution in [3.8, 4) is 0 Å². The van der Waals surface area contributed by atoms with Gasteiger partial charge in [-0.1, -0.05) is 0 Å². The van der Waals surface area contributed by atoms with Gasteiger partial charge in [-0.05, 0) is 38.5 Å². The summed E-state index contributed by atoms with van der Waals surface area (Å²) < 4.78 is 0. The molecule has 2 fully saturated rings. The molecule has 0 unspecified atom stereocenters. The fourth-order valence-electron chi connectivity index (χ4n) is 2.31. The lowest BCUT2D eigenvalue weighted by Gasteiger charge is -2.50. The maximum atomic E-state index is 9.45. The van der Waals surface area contributed by atoms with Crippen LogP contribution in [0.5, 0.6) is 0 Å². The Bertz CT molecular complexity index is 153. The van der Waals surface area contributed by atoms with Gasteiger partial charge in [0.05, 0.1) is 5.60 Å². The van der Waals surface area contributed by atoms with E-state index in [9.17, 15) is 5.11 Å². The predicted molar refractivity (Wildman–Crippen MR) is 39.5 cm³/mol. The van der Waals surface area contributed by atoms with Crippen LogP contribution in [-0.4, -0.2) is 16.2 Å². The van der Waals surface area contributed by atoms with E-state index in [0.717, 1.165) is 18.8 Å². The van der Waals surface area contributed by atoms with Crippen LogP contribution in [0.2, 0.25) is 0 Å². The largest absolute Gasteiger partial charge is 0.390 e. The zero-order valence-electron chi connectivity index (χ0n) is 6.43. The van der Waals surface area contributed by atoms with E-state index in [4.69, 9.17) is 5.73 Å². The Labute approximate surface area is 61.4 Å². The molecule has 2 heteroatoms. The summed E-state index contributed by atoms with van der Waals surface area (Å²) in [4.78, 5) is 0. The Hall–Kier alpha value is -0.0800. The van der Waals surface area contributed by atoms with E-state index < -0.39 is 5.60 Å². The van der Waals surface area contributed by atoms with Crippen molar-refractivity contribution in [2.75, 3.05) is 0 Å². The zero-order valence-corrected chi connectivity index (χ0v) is 6.43. The highest BCUT2D eigenvalue weighted by molar-refractivity contribution is 5.12. The lowest BCUT2D eigenvalue weighted by atomic mass is 9.64. The van der Waals surface area contributed by atoms with E-state index in [1.807, 2.05) is 6.92 Å². The third-order valence-electron chi connectivity index (χ3n) is 2.81. The lowest BCUT2D eigenvalue weighted by Crippen LogP contribution is -2.62. The maximum absolute atomic E-state index is 9.45. The van der Waals surface area contributed by atoms with Gasteiger partial charge in [0.1, 0.15) is 0 Å². The molecule has 0 aromatic rings. The molecule has 2 nitrogen and oxygen atoms in total. The van der Waals surface area contributed by atoms with E-state index in [-0.39, 0.29) is 5.54 Å². The molecular formula is C8H15NO. The van der Waals surface area contributed by atoms with E-state index in [0.29, 0.717) is 0 Å². The van der Waals surface area contributed by atoms with Gasteiger partial charge in [-0.3, -0.25) is 0 Å². The fourth-order valence-corrected chi connectivity index (χ4v) is 2.31. The van der Waals surface area contributed by atoms with Crippen LogP contribution < -0.4 is 5.73 Å². The van der Waals surface area contributed by atoms with Crippen LogP contribution in [0.1, 0.15) is 32.6 Å². The van der Waals surface area contributed by atoms with Gasteiger partial charge < -0.3 is 10.8 Å². The molecule has 2 saturated carbocycles. The Morgan fingerprint density at radius 3 is 2.20 bits per heavy atom. The summed E-state index contributed by atoms with van der Waals surface area (Å²) in [5.74, 6) is 0.729. The third-order valence-corrected chi connectivity index (χ3v) is 2.81. The first-order valence-electron chi connectivity index (χ1n) is 4.03. The molecule has 0 radical (unpaired) electrons. The summed E-state index contributed by atoms with van der Waals surface area (Å²) in [6, 6.07) is 0. The van der Waals surface area contributed by atoms with E-state index in [1.165, 1.54) is 12.8 Å². The molecule has 2 aliphatic rings.